The van der Waals surface area contributed by atoms with Gasteiger partial charge < -0.3 is 24.1 Å². The van der Waals surface area contributed by atoms with Crippen molar-refractivity contribution in [3.63, 3.8) is 0 Å². The van der Waals surface area contributed by atoms with Crippen molar-refractivity contribution in [2.45, 2.75) is 45.1 Å². The van der Waals surface area contributed by atoms with E-state index >= 15 is 0 Å². The van der Waals surface area contributed by atoms with Gasteiger partial charge in [-0.15, -0.1) is 0 Å². The first-order valence-electron chi connectivity index (χ1n) is 10.1. The van der Waals surface area contributed by atoms with Crippen molar-refractivity contribution < 1.29 is 19.0 Å². The highest BCUT2D eigenvalue weighted by atomic mass is 16.5. The molecule has 1 aromatic rings. The van der Waals surface area contributed by atoms with Crippen molar-refractivity contribution in [1.82, 2.24) is 9.88 Å². The predicted octanol–water partition coefficient (Wildman–Crippen LogP) is 2.07. The lowest BCUT2D eigenvalue weighted by atomic mass is 9.97. The predicted molar refractivity (Wildman–Crippen MR) is 106 cm³/mol. The molecule has 2 aliphatic rings. The van der Waals surface area contributed by atoms with Gasteiger partial charge in [0.05, 0.1) is 19.8 Å². The maximum Gasteiger partial charge on any atom is 0.256 e. The van der Waals surface area contributed by atoms with Crippen LogP contribution in [-0.4, -0.2) is 50.6 Å². The number of aromatic nitrogens is 1. The summed E-state index contributed by atoms with van der Waals surface area (Å²) >= 11 is 0. The van der Waals surface area contributed by atoms with E-state index in [0.717, 1.165) is 19.3 Å². The first kappa shape index (κ1) is 20.6. The lowest BCUT2D eigenvalue weighted by Crippen LogP contribution is -2.32. The average Bonchev–Trinajstić information content (AvgIpc) is 2.95. The largest absolute Gasteiger partial charge is 0.490 e. The van der Waals surface area contributed by atoms with E-state index in [2.05, 4.69) is 11.4 Å². The van der Waals surface area contributed by atoms with Gasteiger partial charge in [-0.1, -0.05) is 11.6 Å². The highest BCUT2D eigenvalue weighted by Gasteiger charge is 2.24. The molecule has 3 rings (SSSR count). The minimum Gasteiger partial charge on any atom is -0.490 e. The Labute approximate surface area is 165 Å². The zero-order valence-electron chi connectivity index (χ0n) is 16.6. The van der Waals surface area contributed by atoms with E-state index in [0.29, 0.717) is 56.3 Å². The van der Waals surface area contributed by atoms with Crippen LogP contribution in [0.25, 0.3) is 0 Å². The second kappa shape index (κ2) is 10.4. The first-order valence-corrected chi connectivity index (χ1v) is 10.1. The van der Waals surface area contributed by atoms with Crippen LogP contribution in [0.4, 0.5) is 0 Å². The molecule has 0 unspecified atom stereocenters. The molecule has 0 saturated heterocycles. The number of ether oxygens (including phenoxy) is 3. The van der Waals surface area contributed by atoms with E-state index in [4.69, 9.17) is 14.2 Å². The van der Waals surface area contributed by atoms with Gasteiger partial charge in [-0.25, -0.2) is 0 Å². The molecule has 7 heteroatoms. The van der Waals surface area contributed by atoms with E-state index in [1.807, 2.05) is 0 Å². The smallest absolute Gasteiger partial charge is 0.256 e. The van der Waals surface area contributed by atoms with Crippen LogP contribution in [0.1, 0.15) is 48.2 Å². The van der Waals surface area contributed by atoms with Gasteiger partial charge in [-0.05, 0) is 32.1 Å². The van der Waals surface area contributed by atoms with Gasteiger partial charge in [-0.3, -0.25) is 9.59 Å². The normalized spacial score (nSPS) is 16.7. The molecule has 0 radical (unpaired) electrons. The maximum atomic E-state index is 13.0. The third-order valence-electron chi connectivity index (χ3n) is 5.21. The van der Waals surface area contributed by atoms with Gasteiger partial charge in [0, 0.05) is 38.4 Å². The minimum atomic E-state index is -0.200. The zero-order valence-corrected chi connectivity index (χ0v) is 16.6. The summed E-state index contributed by atoms with van der Waals surface area (Å²) < 4.78 is 17.9. The Morgan fingerprint density at radius 1 is 1.25 bits per heavy atom. The molecule has 0 atom stereocenters. The topological polar surface area (TPSA) is 78.8 Å². The van der Waals surface area contributed by atoms with Crippen molar-refractivity contribution in [2.75, 3.05) is 40.1 Å². The third kappa shape index (κ3) is 5.23. The zero-order chi connectivity index (χ0) is 19.8. The summed E-state index contributed by atoms with van der Waals surface area (Å²) in [6, 6.07) is 1.41. The SMILES string of the molecule is COCCOc1cc(=O)n2c(c1C(=O)NCCC1=CCCCC1)CCOCC2. The molecule has 28 heavy (non-hydrogen) atoms. The van der Waals surface area contributed by atoms with Crippen LogP contribution < -0.4 is 15.6 Å². The lowest BCUT2D eigenvalue weighted by molar-refractivity contribution is 0.0943. The molecule has 1 N–H and O–H groups in total. The summed E-state index contributed by atoms with van der Waals surface area (Å²) in [4.78, 5) is 25.6. The summed E-state index contributed by atoms with van der Waals surface area (Å²) in [5.74, 6) is 0.124. The number of methoxy groups -OCH3 is 1. The van der Waals surface area contributed by atoms with E-state index in [9.17, 15) is 9.59 Å². The van der Waals surface area contributed by atoms with Gasteiger partial charge in [0.2, 0.25) is 0 Å². The Kier molecular flexibility index (Phi) is 7.68. The molecule has 0 saturated carbocycles. The van der Waals surface area contributed by atoms with Gasteiger partial charge in [0.15, 0.2) is 0 Å². The Morgan fingerprint density at radius 2 is 2.14 bits per heavy atom. The molecular weight excluding hydrogens is 360 g/mol. The molecule has 1 aliphatic carbocycles. The van der Waals surface area contributed by atoms with Gasteiger partial charge >= 0.3 is 0 Å². The number of fused-ring (bicyclic) bond motifs is 1. The summed E-state index contributed by atoms with van der Waals surface area (Å²) in [6.07, 6.45) is 8.40. The molecule has 2 heterocycles. The van der Waals surface area contributed by atoms with Crippen LogP contribution in [-0.2, 0) is 22.4 Å². The second-order valence-electron chi connectivity index (χ2n) is 7.14. The summed E-state index contributed by atoms with van der Waals surface area (Å²) in [5, 5.41) is 3.02. The maximum absolute atomic E-state index is 13.0. The second-order valence-corrected chi connectivity index (χ2v) is 7.14. The van der Waals surface area contributed by atoms with Crippen molar-refractivity contribution >= 4 is 5.91 Å². The molecule has 1 aliphatic heterocycles. The summed E-state index contributed by atoms with van der Waals surface area (Å²) in [6.45, 7) is 2.64. The summed E-state index contributed by atoms with van der Waals surface area (Å²) in [5.41, 5.74) is 2.38. The molecule has 154 valence electrons. The average molecular weight is 390 g/mol. The van der Waals surface area contributed by atoms with E-state index in [1.54, 1.807) is 11.7 Å². The fourth-order valence-corrected chi connectivity index (χ4v) is 3.75. The molecule has 0 fully saturated rings. The standard InChI is InChI=1S/C21H30N2O5/c1-26-13-14-28-18-15-19(24)23-10-12-27-11-8-17(23)20(18)21(25)22-9-7-16-5-3-2-4-6-16/h5,15H,2-4,6-14H2,1H3,(H,22,25). The number of nitrogens with one attached hydrogen (secondary N) is 1. The highest BCUT2D eigenvalue weighted by Crippen LogP contribution is 2.23. The molecule has 0 bridgehead atoms. The Morgan fingerprint density at radius 3 is 2.93 bits per heavy atom. The number of amides is 1. The number of pyridine rings is 1. The van der Waals surface area contributed by atoms with Gasteiger partial charge in [-0.2, -0.15) is 0 Å². The first-order chi connectivity index (χ1) is 13.7. The fourth-order valence-electron chi connectivity index (χ4n) is 3.75. The van der Waals surface area contributed by atoms with Crippen LogP contribution in [0.5, 0.6) is 5.75 Å². The number of hydrogen-bond acceptors (Lipinski definition) is 5. The molecular formula is C21H30N2O5. The van der Waals surface area contributed by atoms with Gasteiger partial charge in [0.25, 0.3) is 11.5 Å². The fraction of sp³-hybridized carbons (Fsp3) is 0.619. The van der Waals surface area contributed by atoms with E-state index in [-0.39, 0.29) is 18.1 Å². The Balaban J connectivity index is 1.80. The number of carbonyl (C=O) groups is 1. The van der Waals surface area contributed by atoms with Crippen molar-refractivity contribution in [2.24, 2.45) is 0 Å². The highest BCUT2D eigenvalue weighted by molar-refractivity contribution is 5.98. The molecule has 1 amide bonds. The number of nitrogens with zero attached hydrogens (tertiary/aromatic N) is 1. The van der Waals surface area contributed by atoms with Gasteiger partial charge in [0.1, 0.15) is 17.9 Å². The quantitative estimate of drug-likeness (QED) is 0.543. The number of allylic oxidation sites excluding steroid dienone is 1. The lowest BCUT2D eigenvalue weighted by Gasteiger charge is -2.18. The minimum absolute atomic E-state index is 0.170. The van der Waals surface area contributed by atoms with Crippen LogP contribution in [0, 0.1) is 0 Å². The molecule has 0 spiro atoms. The van der Waals surface area contributed by atoms with Crippen LogP contribution >= 0.6 is 0 Å². The van der Waals surface area contributed by atoms with E-state index < -0.39 is 0 Å². The Hall–Kier alpha value is -2.12. The summed E-state index contributed by atoms with van der Waals surface area (Å²) in [7, 11) is 1.58. The van der Waals surface area contributed by atoms with E-state index in [1.165, 1.54) is 24.5 Å². The number of carbonyl (C=O) groups excluding carboxylic acids is 1. The molecule has 0 aromatic carbocycles. The number of rotatable bonds is 8. The number of hydrogen-bond donors (Lipinski definition) is 1. The van der Waals surface area contributed by atoms with Crippen LogP contribution in [0.2, 0.25) is 0 Å². The van der Waals surface area contributed by atoms with Crippen molar-refractivity contribution in [1.29, 1.82) is 0 Å². The Bertz CT molecular complexity index is 769. The van der Waals surface area contributed by atoms with Crippen molar-refractivity contribution in [3.05, 3.63) is 39.3 Å². The van der Waals surface area contributed by atoms with Crippen LogP contribution in [0.15, 0.2) is 22.5 Å². The monoisotopic (exact) mass is 390 g/mol. The third-order valence-corrected chi connectivity index (χ3v) is 5.21. The molecule has 7 nitrogen and oxygen atoms in total. The van der Waals surface area contributed by atoms with Crippen LogP contribution in [0.3, 0.4) is 0 Å². The molecule has 1 aromatic heterocycles. The van der Waals surface area contributed by atoms with Crippen molar-refractivity contribution in [3.8, 4) is 5.75 Å².